The summed E-state index contributed by atoms with van der Waals surface area (Å²) >= 11 is 6.05. The van der Waals surface area contributed by atoms with Gasteiger partial charge in [0.1, 0.15) is 11.3 Å². The molecule has 0 saturated carbocycles. The number of furan rings is 1. The largest absolute Gasteiger partial charge is 0.459 e. The van der Waals surface area contributed by atoms with Crippen molar-refractivity contribution in [2.45, 2.75) is 25.8 Å². The first kappa shape index (κ1) is 10.5. The molecule has 0 radical (unpaired) electrons. The second kappa shape index (κ2) is 4.25. The van der Waals surface area contributed by atoms with E-state index in [0.29, 0.717) is 5.02 Å². The third kappa shape index (κ3) is 2.01. The van der Waals surface area contributed by atoms with Crippen LogP contribution in [0.1, 0.15) is 31.6 Å². The van der Waals surface area contributed by atoms with Crippen molar-refractivity contribution in [3.05, 3.63) is 35.0 Å². The SMILES string of the molecule is CCC[C@@H](N)c1cc2c(Cl)cccc2o1. The number of rotatable bonds is 3. The average molecular weight is 224 g/mol. The van der Waals surface area contributed by atoms with Gasteiger partial charge in [0.25, 0.3) is 0 Å². The van der Waals surface area contributed by atoms with Gasteiger partial charge in [-0.1, -0.05) is 31.0 Å². The van der Waals surface area contributed by atoms with Crippen LogP contribution in [0, 0.1) is 0 Å². The van der Waals surface area contributed by atoms with E-state index in [1.807, 2.05) is 24.3 Å². The molecule has 2 nitrogen and oxygen atoms in total. The van der Waals surface area contributed by atoms with Crippen LogP contribution in [0.3, 0.4) is 0 Å². The Bertz CT molecular complexity index is 464. The molecule has 1 aromatic heterocycles. The van der Waals surface area contributed by atoms with Gasteiger partial charge in [-0.2, -0.15) is 0 Å². The lowest BCUT2D eigenvalue weighted by Gasteiger charge is -2.04. The third-order valence-corrected chi connectivity index (χ3v) is 2.82. The zero-order chi connectivity index (χ0) is 10.8. The fourth-order valence-corrected chi connectivity index (χ4v) is 1.90. The molecule has 3 heteroatoms. The van der Waals surface area contributed by atoms with Crippen LogP contribution < -0.4 is 5.73 Å². The molecule has 1 heterocycles. The summed E-state index contributed by atoms with van der Waals surface area (Å²) in [5.41, 5.74) is 6.79. The average Bonchev–Trinajstić information content (AvgIpc) is 2.63. The number of hydrogen-bond acceptors (Lipinski definition) is 2. The molecular weight excluding hydrogens is 210 g/mol. The zero-order valence-electron chi connectivity index (χ0n) is 8.66. The Hall–Kier alpha value is -0.990. The second-order valence-corrected chi connectivity index (χ2v) is 4.10. The normalized spacial score (nSPS) is 13.3. The van der Waals surface area contributed by atoms with Crippen LogP contribution in [0.15, 0.2) is 28.7 Å². The Labute approximate surface area is 94.0 Å². The van der Waals surface area contributed by atoms with Crippen molar-refractivity contribution in [3.8, 4) is 0 Å². The predicted molar refractivity (Wildman–Crippen MR) is 63.1 cm³/mol. The van der Waals surface area contributed by atoms with Crippen molar-refractivity contribution in [2.75, 3.05) is 0 Å². The van der Waals surface area contributed by atoms with Gasteiger partial charge in [0, 0.05) is 5.39 Å². The summed E-state index contributed by atoms with van der Waals surface area (Å²) in [6.45, 7) is 2.11. The smallest absolute Gasteiger partial charge is 0.135 e. The molecule has 0 bridgehead atoms. The van der Waals surface area contributed by atoms with Crippen molar-refractivity contribution < 1.29 is 4.42 Å². The van der Waals surface area contributed by atoms with Crippen molar-refractivity contribution in [3.63, 3.8) is 0 Å². The van der Waals surface area contributed by atoms with E-state index in [4.69, 9.17) is 21.8 Å². The molecule has 0 aliphatic rings. The van der Waals surface area contributed by atoms with E-state index in [0.717, 1.165) is 29.6 Å². The molecule has 2 rings (SSSR count). The fraction of sp³-hybridized carbons (Fsp3) is 0.333. The molecule has 0 spiro atoms. The van der Waals surface area contributed by atoms with Gasteiger partial charge in [-0.15, -0.1) is 0 Å². The van der Waals surface area contributed by atoms with Crippen LogP contribution >= 0.6 is 11.6 Å². The summed E-state index contributed by atoms with van der Waals surface area (Å²) in [6, 6.07) is 7.55. The summed E-state index contributed by atoms with van der Waals surface area (Å²) in [4.78, 5) is 0. The van der Waals surface area contributed by atoms with Crippen molar-refractivity contribution in [1.29, 1.82) is 0 Å². The molecule has 0 amide bonds. The highest BCUT2D eigenvalue weighted by Gasteiger charge is 2.12. The van der Waals surface area contributed by atoms with E-state index < -0.39 is 0 Å². The molecule has 1 aromatic carbocycles. The highest BCUT2D eigenvalue weighted by Crippen LogP contribution is 2.29. The van der Waals surface area contributed by atoms with E-state index >= 15 is 0 Å². The number of benzene rings is 1. The number of halogens is 1. The molecule has 0 aliphatic heterocycles. The summed E-state index contributed by atoms with van der Waals surface area (Å²) in [5.74, 6) is 0.819. The van der Waals surface area contributed by atoms with Crippen molar-refractivity contribution in [2.24, 2.45) is 5.73 Å². The molecule has 80 valence electrons. The monoisotopic (exact) mass is 223 g/mol. The highest BCUT2D eigenvalue weighted by atomic mass is 35.5. The summed E-state index contributed by atoms with van der Waals surface area (Å²) in [5, 5.41) is 1.66. The van der Waals surface area contributed by atoms with Gasteiger partial charge in [0.05, 0.1) is 11.1 Å². The summed E-state index contributed by atoms with van der Waals surface area (Å²) in [6.07, 6.45) is 1.98. The molecule has 15 heavy (non-hydrogen) atoms. The standard InChI is InChI=1S/C12H14ClNO/c1-2-4-10(14)12-7-8-9(13)5-3-6-11(8)15-12/h3,5-7,10H,2,4,14H2,1H3/t10-/m1/s1. The lowest BCUT2D eigenvalue weighted by atomic mass is 10.1. The number of hydrogen-bond donors (Lipinski definition) is 1. The van der Waals surface area contributed by atoms with Crippen LogP contribution in [-0.4, -0.2) is 0 Å². The Kier molecular flexibility index (Phi) is 2.98. The van der Waals surface area contributed by atoms with Gasteiger partial charge in [-0.3, -0.25) is 0 Å². The lowest BCUT2D eigenvalue weighted by molar-refractivity contribution is 0.475. The maximum absolute atomic E-state index is 6.05. The van der Waals surface area contributed by atoms with Crippen LogP contribution in [0.25, 0.3) is 11.0 Å². The first-order chi connectivity index (χ1) is 7.22. The molecule has 0 fully saturated rings. The molecule has 2 N–H and O–H groups in total. The van der Waals surface area contributed by atoms with Crippen LogP contribution in [0.4, 0.5) is 0 Å². The second-order valence-electron chi connectivity index (χ2n) is 3.70. The minimum atomic E-state index is -0.0292. The van der Waals surface area contributed by atoms with E-state index in [1.54, 1.807) is 0 Å². The van der Waals surface area contributed by atoms with Gasteiger partial charge in [0.2, 0.25) is 0 Å². The topological polar surface area (TPSA) is 39.2 Å². The van der Waals surface area contributed by atoms with E-state index in [1.165, 1.54) is 0 Å². The molecule has 2 aromatic rings. The van der Waals surface area contributed by atoms with E-state index in [9.17, 15) is 0 Å². The Morgan fingerprint density at radius 3 is 2.93 bits per heavy atom. The zero-order valence-corrected chi connectivity index (χ0v) is 9.42. The third-order valence-electron chi connectivity index (χ3n) is 2.49. The summed E-state index contributed by atoms with van der Waals surface area (Å²) in [7, 11) is 0. The van der Waals surface area contributed by atoms with Gasteiger partial charge in [0.15, 0.2) is 0 Å². The van der Waals surface area contributed by atoms with Gasteiger partial charge in [-0.05, 0) is 24.6 Å². The summed E-state index contributed by atoms with van der Waals surface area (Å²) < 4.78 is 5.65. The van der Waals surface area contributed by atoms with Crippen molar-refractivity contribution >= 4 is 22.6 Å². The van der Waals surface area contributed by atoms with Crippen LogP contribution in [0.5, 0.6) is 0 Å². The molecule has 1 atom stereocenters. The Morgan fingerprint density at radius 1 is 1.47 bits per heavy atom. The van der Waals surface area contributed by atoms with Crippen LogP contribution in [-0.2, 0) is 0 Å². The minimum absolute atomic E-state index is 0.0292. The van der Waals surface area contributed by atoms with Crippen LogP contribution in [0.2, 0.25) is 5.02 Å². The quantitative estimate of drug-likeness (QED) is 0.858. The van der Waals surface area contributed by atoms with Gasteiger partial charge < -0.3 is 10.2 Å². The van der Waals surface area contributed by atoms with Gasteiger partial charge in [-0.25, -0.2) is 0 Å². The van der Waals surface area contributed by atoms with Crippen molar-refractivity contribution in [1.82, 2.24) is 0 Å². The highest BCUT2D eigenvalue weighted by molar-refractivity contribution is 6.35. The van der Waals surface area contributed by atoms with E-state index in [-0.39, 0.29) is 6.04 Å². The maximum Gasteiger partial charge on any atom is 0.135 e. The Morgan fingerprint density at radius 2 is 2.27 bits per heavy atom. The molecule has 0 aliphatic carbocycles. The van der Waals surface area contributed by atoms with E-state index in [2.05, 4.69) is 6.92 Å². The lowest BCUT2D eigenvalue weighted by Crippen LogP contribution is -2.08. The van der Waals surface area contributed by atoms with Gasteiger partial charge >= 0.3 is 0 Å². The first-order valence-electron chi connectivity index (χ1n) is 5.16. The molecule has 0 unspecified atom stereocenters. The Balaban J connectivity index is 2.43. The molecular formula is C12H14ClNO. The maximum atomic E-state index is 6.05. The number of nitrogens with two attached hydrogens (primary N) is 1. The minimum Gasteiger partial charge on any atom is -0.459 e. The first-order valence-corrected chi connectivity index (χ1v) is 5.53. The molecule has 0 saturated heterocycles. The predicted octanol–water partition coefficient (Wildman–Crippen LogP) is 3.89. The fourth-order valence-electron chi connectivity index (χ4n) is 1.68. The number of fused-ring (bicyclic) bond motifs is 1.